The van der Waals surface area contributed by atoms with Crippen LogP contribution in [0.3, 0.4) is 0 Å². The highest BCUT2D eigenvalue weighted by molar-refractivity contribution is 5.94. The molecule has 1 unspecified atom stereocenters. The Kier molecular flexibility index (Phi) is 8.44. The number of hydrogen-bond donors (Lipinski definition) is 1. The van der Waals surface area contributed by atoms with E-state index in [4.69, 9.17) is 9.47 Å². The number of amides is 3. The molecule has 1 saturated heterocycles. The van der Waals surface area contributed by atoms with Crippen molar-refractivity contribution >= 4 is 11.9 Å². The Balaban J connectivity index is 1.58. The van der Waals surface area contributed by atoms with Gasteiger partial charge in [0.1, 0.15) is 0 Å². The van der Waals surface area contributed by atoms with Crippen molar-refractivity contribution in [2.45, 2.75) is 19.6 Å². The Labute approximate surface area is 183 Å². The number of nitrogens with one attached hydrogen (secondary N) is 1. The summed E-state index contributed by atoms with van der Waals surface area (Å²) in [5.41, 5.74) is 2.79. The molecule has 0 radical (unpaired) electrons. The van der Waals surface area contributed by atoms with Crippen molar-refractivity contribution in [3.8, 4) is 0 Å². The fourth-order valence-electron chi connectivity index (χ4n) is 3.50. The van der Waals surface area contributed by atoms with Crippen LogP contribution in [0.1, 0.15) is 21.5 Å². The van der Waals surface area contributed by atoms with Crippen LogP contribution < -0.4 is 5.32 Å². The summed E-state index contributed by atoms with van der Waals surface area (Å²) in [6.45, 7) is 5.18. The second kappa shape index (κ2) is 11.5. The van der Waals surface area contributed by atoms with E-state index in [-0.39, 0.29) is 18.0 Å². The van der Waals surface area contributed by atoms with Crippen molar-refractivity contribution in [1.29, 1.82) is 0 Å². The number of carbonyl (C=O) groups is 2. The van der Waals surface area contributed by atoms with Crippen LogP contribution in [-0.4, -0.2) is 74.3 Å². The van der Waals surface area contributed by atoms with Crippen molar-refractivity contribution in [1.82, 2.24) is 15.1 Å². The van der Waals surface area contributed by atoms with Crippen LogP contribution in [0.5, 0.6) is 0 Å². The van der Waals surface area contributed by atoms with E-state index in [0.717, 1.165) is 11.1 Å². The molecule has 3 rings (SSSR count). The van der Waals surface area contributed by atoms with Crippen molar-refractivity contribution in [3.05, 3.63) is 71.3 Å². The van der Waals surface area contributed by atoms with Crippen LogP contribution in [-0.2, 0) is 16.0 Å². The lowest BCUT2D eigenvalue weighted by molar-refractivity contribution is -0.0296. The summed E-state index contributed by atoms with van der Waals surface area (Å²) in [6, 6.07) is 17.2. The molecule has 2 aromatic rings. The monoisotopic (exact) mass is 425 g/mol. The molecule has 0 saturated carbocycles. The van der Waals surface area contributed by atoms with Crippen molar-refractivity contribution < 1.29 is 19.1 Å². The van der Waals surface area contributed by atoms with Gasteiger partial charge in [0.25, 0.3) is 5.91 Å². The lowest BCUT2D eigenvalue weighted by atomic mass is 10.1. The zero-order valence-electron chi connectivity index (χ0n) is 18.3. The number of hydrogen-bond acceptors (Lipinski definition) is 4. The molecule has 1 heterocycles. The van der Waals surface area contributed by atoms with Gasteiger partial charge in [0.05, 0.1) is 25.9 Å². The van der Waals surface area contributed by atoms with E-state index in [1.807, 2.05) is 61.5 Å². The number of carbonyl (C=O) groups excluding carboxylic acids is 2. The second-order valence-corrected chi connectivity index (χ2v) is 7.69. The van der Waals surface area contributed by atoms with E-state index in [1.165, 1.54) is 0 Å². The van der Waals surface area contributed by atoms with Crippen LogP contribution in [0.2, 0.25) is 0 Å². The SMILES string of the molecule is COCCN(CC1CN(C(=O)NCc2ccccc2)CCO1)C(=O)c1ccc(C)cc1. The van der Waals surface area contributed by atoms with Gasteiger partial charge in [0.15, 0.2) is 0 Å². The molecule has 3 amide bonds. The number of rotatable bonds is 8. The summed E-state index contributed by atoms with van der Waals surface area (Å²) < 4.78 is 11.1. The molecule has 0 bridgehead atoms. The molecule has 7 nitrogen and oxygen atoms in total. The molecule has 1 aliphatic rings. The third-order valence-corrected chi connectivity index (χ3v) is 5.29. The van der Waals surface area contributed by atoms with E-state index in [1.54, 1.807) is 16.9 Å². The minimum absolute atomic E-state index is 0.0636. The summed E-state index contributed by atoms with van der Waals surface area (Å²) >= 11 is 0. The molecule has 31 heavy (non-hydrogen) atoms. The van der Waals surface area contributed by atoms with Gasteiger partial charge in [-0.05, 0) is 24.6 Å². The number of nitrogens with zero attached hydrogens (tertiary/aromatic N) is 2. The van der Waals surface area contributed by atoms with E-state index in [9.17, 15) is 9.59 Å². The standard InChI is InChI=1S/C24H31N3O4/c1-19-8-10-21(11-9-19)23(28)26(12-14-30-2)17-22-18-27(13-15-31-22)24(29)25-16-20-6-4-3-5-7-20/h3-11,22H,12-18H2,1-2H3,(H,25,29). The molecule has 1 atom stereocenters. The van der Waals surface area contributed by atoms with E-state index in [0.29, 0.717) is 51.5 Å². The summed E-state index contributed by atoms with van der Waals surface area (Å²) in [5, 5.41) is 2.96. The lowest BCUT2D eigenvalue weighted by Crippen LogP contribution is -2.53. The molecule has 7 heteroatoms. The van der Waals surface area contributed by atoms with Gasteiger partial charge in [0.2, 0.25) is 0 Å². The molecule has 0 aromatic heterocycles. The maximum absolute atomic E-state index is 13.0. The van der Waals surface area contributed by atoms with Crippen LogP contribution in [0.25, 0.3) is 0 Å². The predicted molar refractivity (Wildman–Crippen MR) is 119 cm³/mol. The number of morpholine rings is 1. The minimum Gasteiger partial charge on any atom is -0.383 e. The fraction of sp³-hybridized carbons (Fsp3) is 0.417. The van der Waals surface area contributed by atoms with Gasteiger partial charge >= 0.3 is 6.03 Å². The Hall–Kier alpha value is -2.90. The third-order valence-electron chi connectivity index (χ3n) is 5.29. The quantitative estimate of drug-likeness (QED) is 0.706. The minimum atomic E-state index is -0.248. The highest BCUT2D eigenvalue weighted by Gasteiger charge is 2.27. The highest BCUT2D eigenvalue weighted by Crippen LogP contribution is 2.12. The first-order chi connectivity index (χ1) is 15.1. The van der Waals surface area contributed by atoms with E-state index in [2.05, 4.69) is 5.32 Å². The van der Waals surface area contributed by atoms with Crippen molar-refractivity contribution in [3.63, 3.8) is 0 Å². The van der Waals surface area contributed by atoms with Gasteiger partial charge in [-0.1, -0.05) is 48.0 Å². The molecular formula is C24H31N3O4. The first kappa shape index (κ1) is 22.8. The number of ether oxygens (including phenoxy) is 2. The van der Waals surface area contributed by atoms with Gasteiger partial charge in [-0.15, -0.1) is 0 Å². The van der Waals surface area contributed by atoms with Gasteiger partial charge in [0, 0.05) is 38.9 Å². The number of benzene rings is 2. The van der Waals surface area contributed by atoms with Gasteiger partial charge in [-0.3, -0.25) is 4.79 Å². The van der Waals surface area contributed by atoms with Gasteiger partial charge < -0.3 is 24.6 Å². The van der Waals surface area contributed by atoms with Crippen molar-refractivity contribution in [2.75, 3.05) is 46.5 Å². The number of aryl methyl sites for hydroxylation is 1. The highest BCUT2D eigenvalue weighted by atomic mass is 16.5. The van der Waals surface area contributed by atoms with Crippen LogP contribution in [0.15, 0.2) is 54.6 Å². The fourth-order valence-corrected chi connectivity index (χ4v) is 3.50. The average molecular weight is 426 g/mol. The predicted octanol–water partition coefficient (Wildman–Crippen LogP) is 2.69. The molecule has 2 aromatic carbocycles. The van der Waals surface area contributed by atoms with Gasteiger partial charge in [-0.2, -0.15) is 0 Å². The Bertz CT molecular complexity index is 842. The summed E-state index contributed by atoms with van der Waals surface area (Å²) in [7, 11) is 1.62. The Morgan fingerprint density at radius 2 is 1.90 bits per heavy atom. The van der Waals surface area contributed by atoms with Gasteiger partial charge in [-0.25, -0.2) is 4.79 Å². The van der Waals surface area contributed by atoms with Crippen molar-refractivity contribution in [2.24, 2.45) is 0 Å². The second-order valence-electron chi connectivity index (χ2n) is 7.69. The normalized spacial score (nSPS) is 16.1. The number of methoxy groups -OCH3 is 1. The van der Waals surface area contributed by atoms with Crippen LogP contribution in [0.4, 0.5) is 4.79 Å². The Morgan fingerprint density at radius 3 is 2.61 bits per heavy atom. The largest absolute Gasteiger partial charge is 0.383 e. The van der Waals surface area contributed by atoms with Crippen LogP contribution in [0, 0.1) is 6.92 Å². The summed E-state index contributed by atoms with van der Waals surface area (Å²) in [5.74, 6) is -0.0636. The molecule has 1 N–H and O–H groups in total. The average Bonchev–Trinajstić information content (AvgIpc) is 2.81. The maximum Gasteiger partial charge on any atom is 0.317 e. The van der Waals surface area contributed by atoms with E-state index < -0.39 is 0 Å². The molecule has 0 aliphatic carbocycles. The zero-order chi connectivity index (χ0) is 22.1. The smallest absolute Gasteiger partial charge is 0.317 e. The third kappa shape index (κ3) is 6.80. The van der Waals surface area contributed by atoms with E-state index >= 15 is 0 Å². The summed E-state index contributed by atoms with van der Waals surface area (Å²) in [6.07, 6.45) is -0.248. The molecule has 1 aliphatic heterocycles. The molecule has 166 valence electrons. The maximum atomic E-state index is 13.0. The first-order valence-electron chi connectivity index (χ1n) is 10.6. The summed E-state index contributed by atoms with van der Waals surface area (Å²) in [4.78, 5) is 29.1. The topological polar surface area (TPSA) is 71.1 Å². The molecule has 1 fully saturated rings. The zero-order valence-corrected chi connectivity index (χ0v) is 18.3. The molecular weight excluding hydrogens is 394 g/mol. The lowest BCUT2D eigenvalue weighted by Gasteiger charge is -2.35. The first-order valence-corrected chi connectivity index (χ1v) is 10.6. The Morgan fingerprint density at radius 1 is 1.16 bits per heavy atom. The van der Waals surface area contributed by atoms with Crippen LogP contribution >= 0.6 is 0 Å². The molecule has 0 spiro atoms. The number of urea groups is 1.